The van der Waals surface area contributed by atoms with E-state index in [-0.39, 0.29) is 5.41 Å². The molecule has 0 aliphatic rings. The van der Waals surface area contributed by atoms with Crippen LogP contribution in [-0.4, -0.2) is 13.2 Å². The van der Waals surface area contributed by atoms with Crippen LogP contribution in [0.3, 0.4) is 0 Å². The van der Waals surface area contributed by atoms with Crippen molar-refractivity contribution in [3.8, 4) is 5.75 Å². The molecule has 18 heavy (non-hydrogen) atoms. The van der Waals surface area contributed by atoms with Crippen LogP contribution >= 0.6 is 0 Å². The van der Waals surface area contributed by atoms with Crippen molar-refractivity contribution in [2.75, 3.05) is 13.2 Å². The molecular weight excluding hydrogens is 222 g/mol. The van der Waals surface area contributed by atoms with E-state index >= 15 is 0 Å². The summed E-state index contributed by atoms with van der Waals surface area (Å²) in [5.74, 6) is 1.53. The highest BCUT2D eigenvalue weighted by Gasteiger charge is 2.15. The molecule has 0 fully saturated rings. The molecule has 0 aliphatic heterocycles. The van der Waals surface area contributed by atoms with Gasteiger partial charge in [0.25, 0.3) is 0 Å². The lowest BCUT2D eigenvalue weighted by molar-refractivity contribution is 0.268. The lowest BCUT2D eigenvalue weighted by Gasteiger charge is -2.21. The Morgan fingerprint density at radius 2 is 1.89 bits per heavy atom. The van der Waals surface area contributed by atoms with Gasteiger partial charge in [-0.05, 0) is 41.5 Å². The van der Waals surface area contributed by atoms with E-state index in [1.165, 1.54) is 11.1 Å². The summed E-state index contributed by atoms with van der Waals surface area (Å²) in [6.07, 6.45) is 0.872. The van der Waals surface area contributed by atoms with Gasteiger partial charge in [0.05, 0.1) is 6.61 Å². The second-order valence-corrected chi connectivity index (χ2v) is 6.32. The number of ether oxygens (including phenoxy) is 1. The third-order valence-corrected chi connectivity index (χ3v) is 2.91. The fraction of sp³-hybridized carbons (Fsp3) is 0.625. The molecule has 0 saturated heterocycles. The summed E-state index contributed by atoms with van der Waals surface area (Å²) in [4.78, 5) is 0. The van der Waals surface area contributed by atoms with E-state index in [9.17, 15) is 0 Å². The Labute approximate surface area is 112 Å². The van der Waals surface area contributed by atoms with Gasteiger partial charge in [0.2, 0.25) is 0 Å². The van der Waals surface area contributed by atoms with Crippen LogP contribution in [-0.2, 0) is 11.8 Å². The van der Waals surface area contributed by atoms with Crippen LogP contribution in [0.2, 0.25) is 0 Å². The maximum atomic E-state index is 5.86. The molecule has 1 aromatic rings. The number of benzene rings is 1. The van der Waals surface area contributed by atoms with Crippen LogP contribution in [0.25, 0.3) is 0 Å². The van der Waals surface area contributed by atoms with E-state index in [2.05, 4.69) is 52.8 Å². The smallest absolute Gasteiger partial charge is 0.122 e. The van der Waals surface area contributed by atoms with Crippen molar-refractivity contribution < 1.29 is 4.74 Å². The molecule has 0 aromatic heterocycles. The normalized spacial score (nSPS) is 11.9. The average molecular weight is 249 g/mol. The van der Waals surface area contributed by atoms with Crippen molar-refractivity contribution in [3.63, 3.8) is 0 Å². The van der Waals surface area contributed by atoms with Crippen molar-refractivity contribution in [2.24, 2.45) is 11.7 Å². The second-order valence-electron chi connectivity index (χ2n) is 6.32. The van der Waals surface area contributed by atoms with Gasteiger partial charge in [-0.2, -0.15) is 0 Å². The summed E-state index contributed by atoms with van der Waals surface area (Å²) in [7, 11) is 0. The Hall–Kier alpha value is -1.02. The van der Waals surface area contributed by atoms with E-state index in [1.54, 1.807) is 0 Å². The summed E-state index contributed by atoms with van der Waals surface area (Å²) in [6.45, 7) is 12.4. The molecule has 0 amide bonds. The molecule has 1 aromatic carbocycles. The maximum Gasteiger partial charge on any atom is 0.122 e. The van der Waals surface area contributed by atoms with Crippen molar-refractivity contribution in [1.82, 2.24) is 0 Å². The Morgan fingerprint density at radius 3 is 2.39 bits per heavy atom. The maximum absolute atomic E-state index is 5.86. The van der Waals surface area contributed by atoms with Crippen molar-refractivity contribution in [2.45, 2.75) is 46.5 Å². The number of hydrogen-bond acceptors (Lipinski definition) is 2. The molecule has 0 heterocycles. The van der Waals surface area contributed by atoms with Gasteiger partial charge in [-0.1, -0.05) is 46.8 Å². The highest BCUT2D eigenvalue weighted by atomic mass is 16.5. The highest BCUT2D eigenvalue weighted by Crippen LogP contribution is 2.28. The van der Waals surface area contributed by atoms with Crippen molar-refractivity contribution >= 4 is 0 Å². The van der Waals surface area contributed by atoms with E-state index in [4.69, 9.17) is 10.5 Å². The summed E-state index contributed by atoms with van der Waals surface area (Å²) in [6, 6.07) is 6.49. The molecule has 0 aliphatic carbocycles. The molecule has 2 heteroatoms. The molecule has 0 spiro atoms. The zero-order chi connectivity index (χ0) is 13.8. The second kappa shape index (κ2) is 6.24. The van der Waals surface area contributed by atoms with Gasteiger partial charge in [0.15, 0.2) is 0 Å². The largest absolute Gasteiger partial charge is 0.493 e. The SMILES string of the molecule is CC(C)COc1ccc(C(C)(C)C)cc1CCN. The molecule has 1 rings (SSSR count). The minimum Gasteiger partial charge on any atom is -0.493 e. The number of nitrogens with two attached hydrogens (primary N) is 1. The number of rotatable bonds is 5. The first-order valence-corrected chi connectivity index (χ1v) is 6.81. The topological polar surface area (TPSA) is 35.2 Å². The standard InChI is InChI=1S/C16H27NO/c1-12(2)11-18-15-7-6-14(16(3,4)5)10-13(15)8-9-17/h6-7,10,12H,8-9,11,17H2,1-5H3. The Bertz CT molecular complexity index is 377. The average Bonchev–Trinajstić information content (AvgIpc) is 2.26. The van der Waals surface area contributed by atoms with Crippen LogP contribution in [0, 0.1) is 5.92 Å². The molecule has 2 nitrogen and oxygen atoms in total. The minimum absolute atomic E-state index is 0.167. The van der Waals surface area contributed by atoms with E-state index in [0.29, 0.717) is 12.5 Å². The summed E-state index contributed by atoms with van der Waals surface area (Å²) in [5.41, 5.74) is 8.42. The highest BCUT2D eigenvalue weighted by molar-refractivity contribution is 5.40. The first kappa shape index (κ1) is 15.0. The molecular formula is C16H27NO. The first-order valence-electron chi connectivity index (χ1n) is 6.81. The lowest BCUT2D eigenvalue weighted by atomic mass is 9.85. The quantitative estimate of drug-likeness (QED) is 0.866. The lowest BCUT2D eigenvalue weighted by Crippen LogP contribution is -2.14. The van der Waals surface area contributed by atoms with Gasteiger partial charge in [-0.25, -0.2) is 0 Å². The minimum atomic E-state index is 0.167. The molecule has 102 valence electrons. The van der Waals surface area contributed by atoms with Gasteiger partial charge in [0.1, 0.15) is 5.75 Å². The van der Waals surface area contributed by atoms with E-state index < -0.39 is 0 Å². The fourth-order valence-electron chi connectivity index (χ4n) is 1.79. The van der Waals surface area contributed by atoms with Crippen molar-refractivity contribution in [1.29, 1.82) is 0 Å². The van der Waals surface area contributed by atoms with Crippen LogP contribution < -0.4 is 10.5 Å². The summed E-state index contributed by atoms with van der Waals surface area (Å²) >= 11 is 0. The van der Waals surface area contributed by atoms with Gasteiger partial charge < -0.3 is 10.5 Å². The van der Waals surface area contributed by atoms with Crippen LogP contribution in [0.15, 0.2) is 18.2 Å². The molecule has 0 radical (unpaired) electrons. The monoisotopic (exact) mass is 249 g/mol. The van der Waals surface area contributed by atoms with E-state index in [0.717, 1.165) is 18.8 Å². The number of hydrogen-bond donors (Lipinski definition) is 1. The van der Waals surface area contributed by atoms with Crippen molar-refractivity contribution in [3.05, 3.63) is 29.3 Å². The molecule has 0 bridgehead atoms. The zero-order valence-electron chi connectivity index (χ0n) is 12.4. The summed E-state index contributed by atoms with van der Waals surface area (Å²) in [5, 5.41) is 0. The van der Waals surface area contributed by atoms with Gasteiger partial charge in [0, 0.05) is 0 Å². The van der Waals surface area contributed by atoms with E-state index in [1.807, 2.05) is 0 Å². The predicted molar refractivity (Wildman–Crippen MR) is 78.2 cm³/mol. The molecule has 0 atom stereocenters. The molecule has 0 saturated carbocycles. The van der Waals surface area contributed by atoms with Crippen LogP contribution in [0.5, 0.6) is 5.75 Å². The molecule has 2 N–H and O–H groups in total. The van der Waals surface area contributed by atoms with Crippen LogP contribution in [0.4, 0.5) is 0 Å². The van der Waals surface area contributed by atoms with Gasteiger partial charge >= 0.3 is 0 Å². The predicted octanol–water partition coefficient (Wildman–Crippen LogP) is 3.52. The third-order valence-electron chi connectivity index (χ3n) is 2.91. The molecule has 0 unspecified atom stereocenters. The van der Waals surface area contributed by atoms with Crippen LogP contribution in [0.1, 0.15) is 45.7 Å². The Kier molecular flexibility index (Phi) is 5.21. The Balaban J connectivity index is 2.97. The van der Waals surface area contributed by atoms with Gasteiger partial charge in [-0.3, -0.25) is 0 Å². The van der Waals surface area contributed by atoms with Gasteiger partial charge in [-0.15, -0.1) is 0 Å². The zero-order valence-corrected chi connectivity index (χ0v) is 12.4. The first-order chi connectivity index (χ1) is 8.34. The third kappa shape index (κ3) is 4.34. The Morgan fingerprint density at radius 1 is 1.22 bits per heavy atom. The summed E-state index contributed by atoms with van der Waals surface area (Å²) < 4.78 is 5.86. The fourth-order valence-corrected chi connectivity index (χ4v) is 1.79.